The van der Waals surface area contributed by atoms with Crippen molar-refractivity contribution in [2.75, 3.05) is 7.05 Å². The van der Waals surface area contributed by atoms with E-state index in [2.05, 4.69) is 5.32 Å². The van der Waals surface area contributed by atoms with Crippen LogP contribution in [-0.4, -0.2) is 12.0 Å². The minimum atomic E-state index is -0.755. The van der Waals surface area contributed by atoms with E-state index in [0.29, 0.717) is 0 Å². The molecular formula is C14H12F2N2O3. The summed E-state index contributed by atoms with van der Waals surface area (Å²) in [5.41, 5.74) is -0.284. The van der Waals surface area contributed by atoms with E-state index in [1.807, 2.05) is 0 Å². The Morgan fingerprint density at radius 3 is 2.67 bits per heavy atom. The monoisotopic (exact) mass is 294 g/mol. The van der Waals surface area contributed by atoms with Crippen molar-refractivity contribution in [1.82, 2.24) is 5.32 Å². The first kappa shape index (κ1) is 14.9. The fourth-order valence-corrected chi connectivity index (χ4v) is 1.82. The van der Waals surface area contributed by atoms with Crippen LogP contribution in [0.25, 0.3) is 0 Å². The molecule has 0 amide bonds. The number of nitrogens with zero attached hydrogens (tertiary/aromatic N) is 1. The van der Waals surface area contributed by atoms with Crippen molar-refractivity contribution in [3.63, 3.8) is 0 Å². The van der Waals surface area contributed by atoms with Gasteiger partial charge in [-0.15, -0.1) is 0 Å². The lowest BCUT2D eigenvalue weighted by Gasteiger charge is -2.12. The van der Waals surface area contributed by atoms with Crippen LogP contribution >= 0.6 is 0 Å². The van der Waals surface area contributed by atoms with Gasteiger partial charge in [-0.1, -0.05) is 6.07 Å². The Bertz CT molecular complexity index is 677. The lowest BCUT2D eigenvalue weighted by atomic mass is 10.2. The summed E-state index contributed by atoms with van der Waals surface area (Å²) in [5.74, 6) is -1.25. The van der Waals surface area contributed by atoms with Gasteiger partial charge >= 0.3 is 5.69 Å². The van der Waals surface area contributed by atoms with E-state index in [1.54, 1.807) is 7.05 Å². The second kappa shape index (κ2) is 6.27. The van der Waals surface area contributed by atoms with Crippen molar-refractivity contribution < 1.29 is 18.4 Å². The molecule has 7 heteroatoms. The number of rotatable bonds is 5. The molecule has 0 aliphatic heterocycles. The topological polar surface area (TPSA) is 64.4 Å². The molecule has 0 radical (unpaired) electrons. The lowest BCUT2D eigenvalue weighted by molar-refractivity contribution is -0.385. The van der Waals surface area contributed by atoms with E-state index >= 15 is 0 Å². The highest BCUT2D eigenvalue weighted by Crippen LogP contribution is 2.34. The zero-order chi connectivity index (χ0) is 15.4. The molecule has 110 valence electrons. The predicted molar refractivity (Wildman–Crippen MR) is 72.3 cm³/mol. The summed E-state index contributed by atoms with van der Waals surface area (Å²) in [4.78, 5) is 10.2. The van der Waals surface area contributed by atoms with E-state index in [-0.39, 0.29) is 23.6 Å². The number of nitrogens with one attached hydrogen (secondary N) is 1. The molecule has 0 aliphatic carbocycles. The number of nitro groups is 1. The van der Waals surface area contributed by atoms with Gasteiger partial charge in [0, 0.05) is 12.1 Å². The van der Waals surface area contributed by atoms with Crippen LogP contribution in [0.4, 0.5) is 14.5 Å². The van der Waals surface area contributed by atoms with Crippen LogP contribution in [0.2, 0.25) is 0 Å². The van der Waals surface area contributed by atoms with Gasteiger partial charge in [-0.05, 0) is 31.3 Å². The molecule has 0 atom stereocenters. The number of hydrogen-bond donors (Lipinski definition) is 1. The lowest BCUT2D eigenvalue weighted by Crippen LogP contribution is -2.08. The predicted octanol–water partition coefficient (Wildman–Crippen LogP) is 3.38. The molecule has 21 heavy (non-hydrogen) atoms. The maximum atomic E-state index is 13.7. The van der Waals surface area contributed by atoms with Crippen molar-refractivity contribution in [3.05, 3.63) is 63.7 Å². The zero-order valence-corrected chi connectivity index (χ0v) is 11.1. The van der Waals surface area contributed by atoms with Gasteiger partial charge in [0.2, 0.25) is 5.75 Å². The van der Waals surface area contributed by atoms with Crippen molar-refractivity contribution in [1.29, 1.82) is 0 Å². The number of nitro benzene ring substituents is 1. The Morgan fingerprint density at radius 2 is 2.00 bits per heavy atom. The van der Waals surface area contributed by atoms with Crippen LogP contribution < -0.4 is 10.1 Å². The highest BCUT2D eigenvalue weighted by molar-refractivity contribution is 5.49. The van der Waals surface area contributed by atoms with E-state index in [4.69, 9.17) is 4.74 Å². The molecule has 2 rings (SSSR count). The molecule has 0 fully saturated rings. The summed E-state index contributed by atoms with van der Waals surface area (Å²) < 4.78 is 32.2. The SMILES string of the molecule is CNCc1c(F)cccc1Oc1ccc(F)cc1[N+](=O)[O-]. The molecule has 0 heterocycles. The molecule has 2 aromatic carbocycles. The maximum absolute atomic E-state index is 13.7. The van der Waals surface area contributed by atoms with Crippen LogP contribution in [0.5, 0.6) is 11.5 Å². The van der Waals surface area contributed by atoms with Crippen molar-refractivity contribution >= 4 is 5.69 Å². The molecule has 0 saturated carbocycles. The fraction of sp³-hybridized carbons (Fsp3) is 0.143. The first-order valence-electron chi connectivity index (χ1n) is 6.06. The molecule has 0 unspecified atom stereocenters. The van der Waals surface area contributed by atoms with Crippen LogP contribution in [-0.2, 0) is 6.54 Å². The van der Waals surface area contributed by atoms with E-state index < -0.39 is 22.2 Å². The van der Waals surface area contributed by atoms with Crippen molar-refractivity contribution in [2.24, 2.45) is 0 Å². The zero-order valence-electron chi connectivity index (χ0n) is 11.1. The summed E-state index contributed by atoms with van der Waals surface area (Å²) in [6, 6.07) is 7.12. The second-order valence-corrected chi connectivity index (χ2v) is 4.22. The molecule has 0 aliphatic rings. The minimum absolute atomic E-state index is 0.138. The first-order valence-corrected chi connectivity index (χ1v) is 6.06. The summed E-state index contributed by atoms with van der Waals surface area (Å²) in [7, 11) is 1.64. The summed E-state index contributed by atoms with van der Waals surface area (Å²) in [6.45, 7) is 0.191. The fourth-order valence-electron chi connectivity index (χ4n) is 1.82. The van der Waals surface area contributed by atoms with Crippen molar-refractivity contribution in [2.45, 2.75) is 6.54 Å². The van der Waals surface area contributed by atoms with E-state index in [9.17, 15) is 18.9 Å². The minimum Gasteiger partial charge on any atom is -0.450 e. The highest BCUT2D eigenvalue weighted by atomic mass is 19.1. The van der Waals surface area contributed by atoms with Gasteiger partial charge in [0.1, 0.15) is 17.4 Å². The van der Waals surface area contributed by atoms with E-state index in [1.165, 1.54) is 18.2 Å². The normalized spacial score (nSPS) is 10.4. The average molecular weight is 294 g/mol. The van der Waals surface area contributed by atoms with Gasteiger partial charge in [-0.3, -0.25) is 10.1 Å². The largest absolute Gasteiger partial charge is 0.450 e. The Hall–Kier alpha value is -2.54. The van der Waals surface area contributed by atoms with Crippen LogP contribution in [0.1, 0.15) is 5.56 Å². The number of ether oxygens (including phenoxy) is 1. The van der Waals surface area contributed by atoms with Gasteiger partial charge in [0.05, 0.1) is 11.0 Å². The van der Waals surface area contributed by atoms with Gasteiger partial charge in [0.15, 0.2) is 0 Å². The second-order valence-electron chi connectivity index (χ2n) is 4.22. The molecule has 0 bridgehead atoms. The number of halogens is 2. The molecule has 0 aromatic heterocycles. The van der Waals surface area contributed by atoms with Gasteiger partial charge in [-0.25, -0.2) is 8.78 Å². The molecule has 0 saturated heterocycles. The smallest absolute Gasteiger partial charge is 0.314 e. The first-order chi connectivity index (χ1) is 10.0. The third-order valence-electron chi connectivity index (χ3n) is 2.77. The summed E-state index contributed by atoms with van der Waals surface area (Å²) in [5, 5.41) is 13.7. The highest BCUT2D eigenvalue weighted by Gasteiger charge is 2.19. The van der Waals surface area contributed by atoms with Crippen molar-refractivity contribution in [3.8, 4) is 11.5 Å². The van der Waals surface area contributed by atoms with Crippen LogP contribution in [0.15, 0.2) is 36.4 Å². The van der Waals surface area contributed by atoms with Gasteiger partial charge in [-0.2, -0.15) is 0 Å². The average Bonchev–Trinajstić information content (AvgIpc) is 2.44. The van der Waals surface area contributed by atoms with Crippen LogP contribution in [0.3, 0.4) is 0 Å². The summed E-state index contributed by atoms with van der Waals surface area (Å²) >= 11 is 0. The summed E-state index contributed by atoms with van der Waals surface area (Å²) in [6.07, 6.45) is 0. The Morgan fingerprint density at radius 1 is 1.24 bits per heavy atom. The quantitative estimate of drug-likeness (QED) is 0.678. The third-order valence-corrected chi connectivity index (χ3v) is 2.77. The van der Waals surface area contributed by atoms with Gasteiger partial charge in [0.25, 0.3) is 0 Å². The Balaban J connectivity index is 2.43. The molecule has 0 spiro atoms. The standard InChI is InChI=1S/C14H12F2N2O3/c1-17-8-10-11(16)3-2-4-13(10)21-14-6-5-9(15)7-12(14)18(19)20/h2-7,17H,8H2,1H3. The van der Waals surface area contributed by atoms with Crippen LogP contribution in [0, 0.1) is 21.7 Å². The molecule has 2 aromatic rings. The van der Waals surface area contributed by atoms with Gasteiger partial charge < -0.3 is 10.1 Å². The maximum Gasteiger partial charge on any atom is 0.314 e. The molecular weight excluding hydrogens is 282 g/mol. The third kappa shape index (κ3) is 3.32. The Labute approximate surface area is 119 Å². The van der Waals surface area contributed by atoms with E-state index in [0.717, 1.165) is 18.2 Å². The molecule has 1 N–H and O–H groups in total. The molecule has 5 nitrogen and oxygen atoms in total. The number of hydrogen-bond acceptors (Lipinski definition) is 4. The Kier molecular flexibility index (Phi) is 4.44. The number of benzene rings is 2.